The number of rotatable bonds is 0. The highest BCUT2D eigenvalue weighted by Gasteiger charge is 2.52. The second-order valence-electron chi connectivity index (χ2n) is 6.36. The zero-order chi connectivity index (χ0) is 13.6. The van der Waals surface area contributed by atoms with Gasteiger partial charge in [-0.15, -0.1) is 0 Å². The maximum absolute atomic E-state index is 12.3. The minimum Gasteiger partial charge on any atom is -0.444 e. The van der Waals surface area contributed by atoms with Crippen molar-refractivity contribution in [3.05, 3.63) is 0 Å². The monoisotopic (exact) mass is 257 g/mol. The summed E-state index contributed by atoms with van der Waals surface area (Å²) in [5.74, 6) is 0. The zero-order valence-corrected chi connectivity index (χ0v) is 11.9. The lowest BCUT2D eigenvalue weighted by molar-refractivity contribution is -0.0898. The second kappa shape index (κ2) is 4.38. The van der Waals surface area contributed by atoms with E-state index in [1.165, 1.54) is 0 Å². The molecule has 18 heavy (non-hydrogen) atoms. The molecule has 2 saturated heterocycles. The van der Waals surface area contributed by atoms with Crippen molar-refractivity contribution in [2.75, 3.05) is 6.61 Å². The molecule has 104 valence electrons. The molecule has 0 radical (unpaired) electrons. The molecule has 2 atom stereocenters. The standard InChI is InChI=1S/C13H23NO4/c1-12(2,3)18-11(15)14-10-9(7-6-8-16-10)17-13(14,4)5/h9-10H,6-8H2,1-5H3/t9-,10+/m1/s1. The molecular weight excluding hydrogens is 234 g/mol. The molecular formula is C13H23NO4. The van der Waals surface area contributed by atoms with Crippen LogP contribution in [0, 0.1) is 0 Å². The molecule has 0 aromatic heterocycles. The van der Waals surface area contributed by atoms with Crippen LogP contribution in [0.25, 0.3) is 0 Å². The average Bonchev–Trinajstić information content (AvgIpc) is 2.44. The number of carbonyl (C=O) groups excluding carboxylic acids is 1. The fraction of sp³-hybridized carbons (Fsp3) is 0.923. The van der Waals surface area contributed by atoms with Crippen LogP contribution in [0.3, 0.4) is 0 Å². The van der Waals surface area contributed by atoms with Crippen LogP contribution in [-0.4, -0.2) is 41.3 Å². The van der Waals surface area contributed by atoms with E-state index in [4.69, 9.17) is 14.2 Å². The molecule has 2 rings (SSSR count). The smallest absolute Gasteiger partial charge is 0.414 e. The normalized spacial score (nSPS) is 31.1. The highest BCUT2D eigenvalue weighted by molar-refractivity contribution is 5.69. The Balaban J connectivity index is 2.16. The predicted molar refractivity (Wildman–Crippen MR) is 66.0 cm³/mol. The summed E-state index contributed by atoms with van der Waals surface area (Å²) < 4.78 is 17.0. The number of carbonyl (C=O) groups is 1. The molecule has 0 aliphatic carbocycles. The Morgan fingerprint density at radius 1 is 1.39 bits per heavy atom. The fourth-order valence-electron chi connectivity index (χ4n) is 2.46. The van der Waals surface area contributed by atoms with E-state index in [0.717, 1.165) is 12.8 Å². The van der Waals surface area contributed by atoms with Crippen molar-refractivity contribution < 1.29 is 19.0 Å². The SMILES string of the molecule is CC(C)(C)OC(=O)N1[C@H]2OCCC[C@H]2OC1(C)C. The molecule has 0 saturated carbocycles. The molecule has 2 aliphatic heterocycles. The van der Waals surface area contributed by atoms with Gasteiger partial charge in [0, 0.05) is 6.61 Å². The summed E-state index contributed by atoms with van der Waals surface area (Å²) in [5, 5.41) is 0. The predicted octanol–water partition coefficient (Wildman–Crippen LogP) is 2.49. The van der Waals surface area contributed by atoms with Crippen molar-refractivity contribution in [3.63, 3.8) is 0 Å². The van der Waals surface area contributed by atoms with Crippen LogP contribution in [-0.2, 0) is 14.2 Å². The van der Waals surface area contributed by atoms with Crippen LogP contribution >= 0.6 is 0 Å². The molecule has 0 unspecified atom stereocenters. The average molecular weight is 257 g/mol. The molecule has 1 amide bonds. The van der Waals surface area contributed by atoms with Gasteiger partial charge in [-0.2, -0.15) is 0 Å². The van der Waals surface area contributed by atoms with Gasteiger partial charge in [-0.05, 0) is 47.5 Å². The van der Waals surface area contributed by atoms with Crippen molar-refractivity contribution in [3.8, 4) is 0 Å². The lowest BCUT2D eigenvalue weighted by Gasteiger charge is -2.35. The van der Waals surface area contributed by atoms with Gasteiger partial charge in [0.1, 0.15) is 17.4 Å². The van der Waals surface area contributed by atoms with Crippen LogP contribution in [0.5, 0.6) is 0 Å². The summed E-state index contributed by atoms with van der Waals surface area (Å²) in [6.45, 7) is 9.98. The molecule has 0 aromatic rings. The minimum absolute atomic E-state index is 0.0405. The van der Waals surface area contributed by atoms with E-state index in [2.05, 4.69) is 0 Å². The lowest BCUT2D eigenvalue weighted by Crippen LogP contribution is -2.51. The Labute approximate surface area is 108 Å². The van der Waals surface area contributed by atoms with E-state index in [-0.39, 0.29) is 18.4 Å². The maximum atomic E-state index is 12.3. The Hall–Kier alpha value is -0.810. The van der Waals surface area contributed by atoms with Gasteiger partial charge in [-0.1, -0.05) is 0 Å². The molecule has 5 heteroatoms. The number of nitrogens with zero attached hydrogens (tertiary/aromatic N) is 1. The van der Waals surface area contributed by atoms with Crippen molar-refractivity contribution in [2.24, 2.45) is 0 Å². The first-order chi connectivity index (χ1) is 8.21. The molecule has 0 N–H and O–H groups in total. The number of hydrogen-bond donors (Lipinski definition) is 0. The van der Waals surface area contributed by atoms with Crippen LogP contribution < -0.4 is 0 Å². The Morgan fingerprint density at radius 3 is 2.67 bits per heavy atom. The molecule has 2 aliphatic rings. The Morgan fingerprint density at radius 2 is 2.06 bits per heavy atom. The largest absolute Gasteiger partial charge is 0.444 e. The highest BCUT2D eigenvalue weighted by Crippen LogP contribution is 2.37. The van der Waals surface area contributed by atoms with Crippen molar-refractivity contribution in [1.82, 2.24) is 4.90 Å². The molecule has 0 bridgehead atoms. The van der Waals surface area contributed by atoms with Crippen LogP contribution in [0.4, 0.5) is 4.79 Å². The van der Waals surface area contributed by atoms with Gasteiger partial charge in [-0.3, -0.25) is 4.90 Å². The lowest BCUT2D eigenvalue weighted by atomic mass is 10.1. The van der Waals surface area contributed by atoms with Gasteiger partial charge >= 0.3 is 6.09 Å². The first-order valence-corrected chi connectivity index (χ1v) is 6.52. The minimum atomic E-state index is -0.679. The van der Waals surface area contributed by atoms with Gasteiger partial charge in [0.25, 0.3) is 0 Å². The summed E-state index contributed by atoms with van der Waals surface area (Å²) >= 11 is 0. The topological polar surface area (TPSA) is 48.0 Å². The summed E-state index contributed by atoms with van der Waals surface area (Å²) in [6, 6.07) is 0. The molecule has 5 nitrogen and oxygen atoms in total. The summed E-state index contributed by atoms with van der Waals surface area (Å²) in [4.78, 5) is 13.9. The molecule has 0 spiro atoms. The van der Waals surface area contributed by atoms with E-state index in [0.29, 0.717) is 6.61 Å². The zero-order valence-electron chi connectivity index (χ0n) is 11.9. The van der Waals surface area contributed by atoms with Gasteiger partial charge in [0.15, 0.2) is 6.23 Å². The third kappa shape index (κ3) is 2.62. The van der Waals surface area contributed by atoms with Gasteiger partial charge < -0.3 is 14.2 Å². The maximum Gasteiger partial charge on any atom is 0.414 e. The number of fused-ring (bicyclic) bond motifs is 1. The van der Waals surface area contributed by atoms with Gasteiger partial charge in [-0.25, -0.2) is 4.79 Å². The number of ether oxygens (including phenoxy) is 3. The Bertz CT molecular complexity index is 334. The quantitative estimate of drug-likeness (QED) is 0.669. The van der Waals surface area contributed by atoms with Gasteiger partial charge in [0.2, 0.25) is 0 Å². The van der Waals surface area contributed by atoms with Crippen LogP contribution in [0.15, 0.2) is 0 Å². The van der Waals surface area contributed by atoms with E-state index in [1.807, 2.05) is 34.6 Å². The van der Waals surface area contributed by atoms with E-state index < -0.39 is 11.3 Å². The van der Waals surface area contributed by atoms with Crippen LogP contribution in [0.1, 0.15) is 47.5 Å². The highest BCUT2D eigenvalue weighted by atomic mass is 16.6. The second-order valence-corrected chi connectivity index (χ2v) is 6.36. The van der Waals surface area contributed by atoms with Gasteiger partial charge in [0.05, 0.1) is 0 Å². The van der Waals surface area contributed by atoms with Crippen LogP contribution in [0.2, 0.25) is 0 Å². The summed E-state index contributed by atoms with van der Waals surface area (Å²) in [6.07, 6.45) is 1.17. The Kier molecular flexibility index (Phi) is 3.32. The number of hydrogen-bond acceptors (Lipinski definition) is 4. The molecule has 0 aromatic carbocycles. The summed E-state index contributed by atoms with van der Waals surface area (Å²) in [5.41, 5.74) is -1.19. The van der Waals surface area contributed by atoms with Crippen molar-refractivity contribution in [1.29, 1.82) is 0 Å². The van der Waals surface area contributed by atoms with Crippen molar-refractivity contribution in [2.45, 2.75) is 71.1 Å². The third-order valence-electron chi connectivity index (χ3n) is 3.10. The first-order valence-electron chi connectivity index (χ1n) is 6.52. The molecule has 2 fully saturated rings. The summed E-state index contributed by atoms with van der Waals surface area (Å²) in [7, 11) is 0. The van der Waals surface area contributed by atoms with E-state index in [9.17, 15) is 4.79 Å². The number of amides is 1. The van der Waals surface area contributed by atoms with Crippen molar-refractivity contribution >= 4 is 6.09 Å². The fourth-order valence-corrected chi connectivity index (χ4v) is 2.46. The van der Waals surface area contributed by atoms with E-state index in [1.54, 1.807) is 4.90 Å². The first kappa shape index (κ1) is 13.6. The van der Waals surface area contributed by atoms with E-state index >= 15 is 0 Å². The third-order valence-corrected chi connectivity index (χ3v) is 3.10. The molecule has 2 heterocycles.